The molecule has 0 aliphatic carbocycles. The van der Waals surface area contributed by atoms with Crippen LogP contribution < -0.4 is 5.56 Å². The monoisotopic (exact) mass is 386 g/mol. The van der Waals surface area contributed by atoms with Gasteiger partial charge in [0.2, 0.25) is 0 Å². The summed E-state index contributed by atoms with van der Waals surface area (Å²) in [6, 6.07) is 13.5. The first-order chi connectivity index (χ1) is 13.2. The van der Waals surface area contributed by atoms with Gasteiger partial charge in [-0.2, -0.15) is 13.2 Å². The van der Waals surface area contributed by atoms with E-state index >= 15 is 0 Å². The number of carbonyl (C=O) groups is 1. The van der Waals surface area contributed by atoms with Gasteiger partial charge in [0, 0.05) is 18.1 Å². The molecule has 0 radical (unpaired) electrons. The number of nitrogens with zero attached hydrogens (tertiary/aromatic N) is 1. The number of nitrogens with one attached hydrogen (secondary N) is 1. The van der Waals surface area contributed by atoms with Crippen LogP contribution in [0.3, 0.4) is 0 Å². The van der Waals surface area contributed by atoms with E-state index in [4.69, 9.17) is 0 Å². The van der Waals surface area contributed by atoms with E-state index in [-0.39, 0.29) is 24.3 Å². The molecule has 0 amide bonds. The number of aromatic amines is 1. The smallest absolute Gasteiger partial charge is 0.306 e. The van der Waals surface area contributed by atoms with Crippen molar-refractivity contribution in [3.05, 3.63) is 87.3 Å². The van der Waals surface area contributed by atoms with E-state index in [1.807, 2.05) is 6.07 Å². The van der Waals surface area contributed by atoms with Gasteiger partial charge in [-0.3, -0.25) is 9.59 Å². The first-order valence-corrected chi connectivity index (χ1v) is 8.61. The van der Waals surface area contributed by atoms with Crippen LogP contribution in [0.4, 0.5) is 13.2 Å². The molecule has 0 spiro atoms. The summed E-state index contributed by atoms with van der Waals surface area (Å²) in [6.45, 7) is 1.58. The van der Waals surface area contributed by atoms with Crippen molar-refractivity contribution in [3.63, 3.8) is 0 Å². The zero-order valence-electron chi connectivity index (χ0n) is 15.0. The van der Waals surface area contributed by atoms with Crippen molar-refractivity contribution in [2.75, 3.05) is 0 Å². The van der Waals surface area contributed by atoms with Gasteiger partial charge in [0.25, 0.3) is 5.56 Å². The maximum atomic E-state index is 12.8. The van der Waals surface area contributed by atoms with Crippen LogP contribution in [0.5, 0.6) is 0 Å². The SMILES string of the molecule is Cc1cc(C(F)(F)F)ccc1CCC(=O)c1cc(=O)[nH]c(-c2ccccc2)n1. The van der Waals surface area contributed by atoms with Crippen molar-refractivity contribution in [2.45, 2.75) is 25.9 Å². The van der Waals surface area contributed by atoms with Gasteiger partial charge in [-0.1, -0.05) is 36.4 Å². The fraction of sp³-hybridized carbons (Fsp3) is 0.190. The first-order valence-electron chi connectivity index (χ1n) is 8.61. The molecular weight excluding hydrogens is 369 g/mol. The summed E-state index contributed by atoms with van der Waals surface area (Å²) in [5.41, 5.74) is 0.660. The molecule has 0 fully saturated rings. The second-order valence-electron chi connectivity index (χ2n) is 6.41. The first kappa shape index (κ1) is 19.5. The Balaban J connectivity index is 1.77. The Morgan fingerprint density at radius 3 is 2.43 bits per heavy atom. The van der Waals surface area contributed by atoms with E-state index in [9.17, 15) is 22.8 Å². The summed E-state index contributed by atoms with van der Waals surface area (Å²) in [7, 11) is 0. The van der Waals surface area contributed by atoms with Crippen LogP contribution in [0.2, 0.25) is 0 Å². The second-order valence-corrected chi connectivity index (χ2v) is 6.41. The minimum absolute atomic E-state index is 0.0344. The van der Waals surface area contributed by atoms with E-state index in [1.165, 1.54) is 6.07 Å². The van der Waals surface area contributed by atoms with Gasteiger partial charge in [0.05, 0.1) is 5.56 Å². The number of ketones is 1. The number of aromatic nitrogens is 2. The number of aryl methyl sites for hydroxylation is 2. The summed E-state index contributed by atoms with van der Waals surface area (Å²) in [4.78, 5) is 31.2. The molecule has 1 aromatic heterocycles. The lowest BCUT2D eigenvalue weighted by molar-refractivity contribution is -0.137. The third-order valence-corrected chi connectivity index (χ3v) is 4.37. The van der Waals surface area contributed by atoms with Crippen LogP contribution in [0.15, 0.2) is 59.4 Å². The van der Waals surface area contributed by atoms with Gasteiger partial charge < -0.3 is 4.98 Å². The van der Waals surface area contributed by atoms with E-state index in [0.717, 1.165) is 18.2 Å². The lowest BCUT2D eigenvalue weighted by Crippen LogP contribution is -2.14. The molecule has 7 heteroatoms. The van der Waals surface area contributed by atoms with Gasteiger partial charge >= 0.3 is 6.18 Å². The van der Waals surface area contributed by atoms with E-state index in [0.29, 0.717) is 22.5 Å². The van der Waals surface area contributed by atoms with E-state index in [1.54, 1.807) is 31.2 Å². The molecular formula is C21H17F3N2O2. The topological polar surface area (TPSA) is 62.8 Å². The summed E-state index contributed by atoms with van der Waals surface area (Å²) in [5, 5.41) is 0. The van der Waals surface area contributed by atoms with Crippen molar-refractivity contribution in [3.8, 4) is 11.4 Å². The number of H-pyrrole nitrogens is 1. The number of hydrogen-bond acceptors (Lipinski definition) is 3. The van der Waals surface area contributed by atoms with Crippen LogP contribution in [0.1, 0.15) is 33.6 Å². The normalized spacial score (nSPS) is 11.4. The maximum Gasteiger partial charge on any atom is 0.416 e. The Kier molecular flexibility index (Phi) is 5.44. The Bertz CT molecular complexity index is 1060. The average molecular weight is 386 g/mol. The predicted molar refractivity (Wildman–Crippen MR) is 99.1 cm³/mol. The fourth-order valence-electron chi connectivity index (χ4n) is 2.86. The van der Waals surface area contributed by atoms with E-state index < -0.39 is 17.3 Å². The third kappa shape index (κ3) is 4.54. The van der Waals surface area contributed by atoms with Gasteiger partial charge in [0.1, 0.15) is 11.5 Å². The highest BCUT2D eigenvalue weighted by Gasteiger charge is 2.30. The standard InChI is InChI=1S/C21H17F3N2O2/c1-13-11-16(21(22,23)24)9-7-14(13)8-10-18(27)17-12-19(28)26-20(25-17)15-5-3-2-4-6-15/h2-7,9,11-12H,8,10H2,1H3,(H,25,26,28). The zero-order chi connectivity index (χ0) is 20.3. The molecule has 0 saturated heterocycles. The molecule has 1 heterocycles. The Morgan fingerprint density at radius 1 is 1.07 bits per heavy atom. The molecule has 0 bridgehead atoms. The van der Waals surface area contributed by atoms with E-state index in [2.05, 4.69) is 9.97 Å². The molecule has 0 saturated carbocycles. The van der Waals surface area contributed by atoms with Crippen molar-refractivity contribution >= 4 is 5.78 Å². The average Bonchev–Trinajstić information content (AvgIpc) is 2.66. The highest BCUT2D eigenvalue weighted by Crippen LogP contribution is 2.30. The quantitative estimate of drug-likeness (QED) is 0.653. The van der Waals surface area contributed by atoms with Gasteiger partial charge in [0.15, 0.2) is 5.78 Å². The predicted octanol–water partition coefficient (Wildman–Crippen LogP) is 4.58. The molecule has 2 aromatic carbocycles. The number of halogens is 3. The molecule has 28 heavy (non-hydrogen) atoms. The minimum atomic E-state index is -4.40. The van der Waals surface area contributed by atoms with Crippen molar-refractivity contribution in [1.82, 2.24) is 9.97 Å². The highest BCUT2D eigenvalue weighted by atomic mass is 19.4. The summed E-state index contributed by atoms with van der Waals surface area (Å²) < 4.78 is 38.3. The molecule has 0 unspecified atom stereocenters. The van der Waals surface area contributed by atoms with Crippen molar-refractivity contribution < 1.29 is 18.0 Å². The summed E-state index contributed by atoms with van der Waals surface area (Å²) in [5.74, 6) is -0.0512. The van der Waals surface area contributed by atoms with Crippen LogP contribution in [-0.4, -0.2) is 15.8 Å². The lowest BCUT2D eigenvalue weighted by Gasteiger charge is -2.11. The van der Waals surface area contributed by atoms with Crippen molar-refractivity contribution in [1.29, 1.82) is 0 Å². The number of rotatable bonds is 5. The summed E-state index contributed by atoms with van der Waals surface area (Å²) >= 11 is 0. The molecule has 144 valence electrons. The van der Waals surface area contributed by atoms with Crippen LogP contribution in [-0.2, 0) is 12.6 Å². The van der Waals surface area contributed by atoms with Crippen molar-refractivity contribution in [2.24, 2.45) is 0 Å². The van der Waals surface area contributed by atoms with Gasteiger partial charge in [-0.15, -0.1) is 0 Å². The molecule has 3 aromatic rings. The van der Waals surface area contributed by atoms with Gasteiger partial charge in [-0.25, -0.2) is 4.98 Å². The lowest BCUT2D eigenvalue weighted by atomic mass is 9.99. The summed E-state index contributed by atoms with van der Waals surface area (Å²) in [6.07, 6.45) is -4.10. The molecule has 4 nitrogen and oxygen atoms in total. The Morgan fingerprint density at radius 2 is 1.79 bits per heavy atom. The number of hydrogen-bond donors (Lipinski definition) is 1. The number of Topliss-reactive ketones (excluding diaryl/α,β-unsaturated/α-hetero) is 1. The third-order valence-electron chi connectivity index (χ3n) is 4.37. The highest BCUT2D eigenvalue weighted by molar-refractivity contribution is 5.94. The van der Waals surface area contributed by atoms with Crippen LogP contribution in [0, 0.1) is 6.92 Å². The largest absolute Gasteiger partial charge is 0.416 e. The van der Waals surface area contributed by atoms with Crippen LogP contribution in [0.25, 0.3) is 11.4 Å². The van der Waals surface area contributed by atoms with Gasteiger partial charge in [-0.05, 0) is 36.6 Å². The molecule has 1 N–H and O–H groups in total. The molecule has 0 aliphatic heterocycles. The molecule has 0 atom stereocenters. The Hall–Kier alpha value is -3.22. The number of carbonyl (C=O) groups excluding carboxylic acids is 1. The Labute approximate surface area is 159 Å². The second kappa shape index (κ2) is 7.80. The fourth-order valence-corrected chi connectivity index (χ4v) is 2.86. The maximum absolute atomic E-state index is 12.8. The molecule has 3 rings (SSSR count). The zero-order valence-corrected chi connectivity index (χ0v) is 15.0. The minimum Gasteiger partial charge on any atom is -0.306 e. The van der Waals surface area contributed by atoms with Crippen LogP contribution >= 0.6 is 0 Å². The number of alkyl halides is 3. The number of benzene rings is 2. The molecule has 0 aliphatic rings.